The van der Waals surface area contributed by atoms with Gasteiger partial charge >= 0.3 is 6.36 Å². The minimum absolute atomic E-state index is 0. The van der Waals surface area contributed by atoms with Gasteiger partial charge in [-0.15, -0.1) is 38.0 Å². The molecule has 1 heterocycles. The summed E-state index contributed by atoms with van der Waals surface area (Å²) in [7, 11) is 1.85. The Morgan fingerprint density at radius 1 is 0.943 bits per heavy atom. The standard InChI is InChI=1S/C24H28F3N5O.2ClH/c1-28-22-19-7-3-4-8-20(19)31-23(32-22)30-18-12-10-16(11-13-18)14-29-15-17-6-2-5-9-21(17)33-24(25,26)27;;/h2-9,16,18,29H,10-15H2,1H3,(H2,28,30,31,32);2*1H/t16-,18+;;. The second-order valence-corrected chi connectivity index (χ2v) is 8.31. The van der Waals surface area contributed by atoms with Crippen molar-refractivity contribution in [2.24, 2.45) is 5.92 Å². The summed E-state index contributed by atoms with van der Waals surface area (Å²) in [6, 6.07) is 14.5. The smallest absolute Gasteiger partial charge is 0.405 e. The van der Waals surface area contributed by atoms with Crippen LogP contribution in [-0.2, 0) is 6.54 Å². The van der Waals surface area contributed by atoms with Crippen LogP contribution in [0.1, 0.15) is 31.2 Å². The Morgan fingerprint density at radius 2 is 1.63 bits per heavy atom. The van der Waals surface area contributed by atoms with Gasteiger partial charge in [0.05, 0.1) is 5.52 Å². The maximum atomic E-state index is 12.6. The summed E-state index contributed by atoms with van der Waals surface area (Å²) in [5.74, 6) is 1.75. The zero-order chi connectivity index (χ0) is 23.3. The Bertz CT molecular complexity index is 1080. The van der Waals surface area contributed by atoms with E-state index in [0.717, 1.165) is 48.9 Å². The predicted molar refractivity (Wildman–Crippen MR) is 138 cm³/mol. The molecule has 2 aromatic carbocycles. The lowest BCUT2D eigenvalue weighted by molar-refractivity contribution is -0.274. The second-order valence-electron chi connectivity index (χ2n) is 8.31. The van der Waals surface area contributed by atoms with Crippen LogP contribution in [0.4, 0.5) is 24.9 Å². The summed E-state index contributed by atoms with van der Waals surface area (Å²) in [6.07, 6.45) is -0.657. The summed E-state index contributed by atoms with van der Waals surface area (Å²) in [4.78, 5) is 9.26. The van der Waals surface area contributed by atoms with Gasteiger partial charge in [-0.05, 0) is 56.3 Å². The number of rotatable bonds is 8. The fraction of sp³-hybridized carbons (Fsp3) is 0.417. The van der Waals surface area contributed by atoms with Gasteiger partial charge in [0.1, 0.15) is 11.6 Å². The third-order valence-electron chi connectivity index (χ3n) is 5.97. The number of hydrogen-bond acceptors (Lipinski definition) is 6. The Kier molecular flexibility index (Phi) is 10.7. The molecule has 192 valence electrons. The Morgan fingerprint density at radius 3 is 2.34 bits per heavy atom. The maximum Gasteiger partial charge on any atom is 0.573 e. The molecule has 4 rings (SSSR count). The molecule has 35 heavy (non-hydrogen) atoms. The molecule has 11 heteroatoms. The first-order valence-electron chi connectivity index (χ1n) is 11.2. The largest absolute Gasteiger partial charge is 0.573 e. The van der Waals surface area contributed by atoms with Crippen molar-refractivity contribution in [2.45, 2.75) is 44.6 Å². The molecule has 0 saturated heterocycles. The zero-order valence-corrected chi connectivity index (χ0v) is 20.9. The molecule has 0 spiro atoms. The number of ether oxygens (including phenoxy) is 1. The first-order valence-corrected chi connectivity index (χ1v) is 11.2. The SMILES string of the molecule is CNc1nc(N[C@H]2CC[C@@H](CNCc3ccccc3OC(F)(F)F)CC2)nc2ccccc12.Cl.Cl. The number of benzene rings is 2. The average Bonchev–Trinajstić information content (AvgIpc) is 2.80. The molecule has 1 aromatic heterocycles. The van der Waals surface area contributed by atoms with Crippen LogP contribution in [-0.4, -0.2) is 36.0 Å². The summed E-state index contributed by atoms with van der Waals surface area (Å²) in [5.41, 5.74) is 1.39. The van der Waals surface area contributed by atoms with Crippen LogP contribution in [0.25, 0.3) is 10.9 Å². The number of fused-ring (bicyclic) bond motifs is 1. The Hall–Kier alpha value is -2.49. The number of hydrogen-bond donors (Lipinski definition) is 3. The van der Waals surface area contributed by atoms with Crippen LogP contribution in [0, 0.1) is 5.92 Å². The molecule has 3 N–H and O–H groups in total. The number of nitrogens with one attached hydrogen (secondary N) is 3. The molecule has 1 fully saturated rings. The van der Waals surface area contributed by atoms with Gasteiger partial charge in [-0.3, -0.25) is 0 Å². The lowest BCUT2D eigenvalue weighted by atomic mass is 9.86. The summed E-state index contributed by atoms with van der Waals surface area (Å²) >= 11 is 0. The lowest BCUT2D eigenvalue weighted by Gasteiger charge is -2.29. The van der Waals surface area contributed by atoms with E-state index >= 15 is 0 Å². The molecule has 3 aromatic rings. The van der Waals surface area contributed by atoms with Crippen molar-refractivity contribution >= 4 is 47.5 Å². The number of aromatic nitrogens is 2. The van der Waals surface area contributed by atoms with Gasteiger partial charge in [0, 0.05) is 30.6 Å². The highest BCUT2D eigenvalue weighted by Crippen LogP contribution is 2.29. The summed E-state index contributed by atoms with van der Waals surface area (Å²) in [5, 5.41) is 10.9. The van der Waals surface area contributed by atoms with Crippen molar-refractivity contribution in [3.05, 3.63) is 54.1 Å². The predicted octanol–water partition coefficient (Wildman–Crippen LogP) is 6.17. The first kappa shape index (κ1) is 28.7. The molecule has 1 aliphatic carbocycles. The van der Waals surface area contributed by atoms with Gasteiger partial charge in [0.15, 0.2) is 0 Å². The molecule has 0 aliphatic heterocycles. The molecular weight excluding hydrogens is 502 g/mol. The van der Waals surface area contributed by atoms with E-state index in [-0.39, 0.29) is 30.6 Å². The zero-order valence-electron chi connectivity index (χ0n) is 19.3. The van der Waals surface area contributed by atoms with Gasteiger partial charge in [0.2, 0.25) is 5.95 Å². The van der Waals surface area contributed by atoms with Crippen molar-refractivity contribution in [1.82, 2.24) is 15.3 Å². The van der Waals surface area contributed by atoms with E-state index in [2.05, 4.69) is 30.7 Å². The van der Waals surface area contributed by atoms with E-state index in [1.807, 2.05) is 31.3 Å². The van der Waals surface area contributed by atoms with Gasteiger partial charge in [-0.2, -0.15) is 4.98 Å². The summed E-state index contributed by atoms with van der Waals surface area (Å²) in [6.45, 7) is 1.09. The van der Waals surface area contributed by atoms with Gasteiger partial charge in [0.25, 0.3) is 0 Å². The summed E-state index contributed by atoms with van der Waals surface area (Å²) < 4.78 is 41.9. The minimum atomic E-state index is -4.69. The minimum Gasteiger partial charge on any atom is -0.405 e. The number of anilines is 2. The van der Waals surface area contributed by atoms with E-state index in [1.54, 1.807) is 12.1 Å². The third kappa shape index (κ3) is 8.02. The van der Waals surface area contributed by atoms with E-state index in [0.29, 0.717) is 30.0 Å². The van der Waals surface area contributed by atoms with Crippen LogP contribution >= 0.6 is 24.8 Å². The average molecular weight is 532 g/mol. The normalized spacial score (nSPS) is 17.7. The molecule has 0 unspecified atom stereocenters. The molecule has 0 amide bonds. The molecule has 6 nitrogen and oxygen atoms in total. The van der Waals surface area contributed by atoms with Gasteiger partial charge < -0.3 is 20.7 Å². The molecule has 0 bridgehead atoms. The van der Waals surface area contributed by atoms with E-state index < -0.39 is 6.36 Å². The van der Waals surface area contributed by atoms with Crippen LogP contribution in [0.5, 0.6) is 5.75 Å². The van der Waals surface area contributed by atoms with E-state index in [9.17, 15) is 13.2 Å². The molecule has 1 aliphatic rings. The third-order valence-corrected chi connectivity index (χ3v) is 5.97. The van der Waals surface area contributed by atoms with Crippen molar-refractivity contribution in [2.75, 3.05) is 24.2 Å². The van der Waals surface area contributed by atoms with Crippen LogP contribution < -0.4 is 20.7 Å². The number of alkyl halides is 3. The number of para-hydroxylation sites is 2. The molecule has 0 radical (unpaired) electrons. The van der Waals surface area contributed by atoms with Crippen molar-refractivity contribution < 1.29 is 17.9 Å². The highest BCUT2D eigenvalue weighted by atomic mass is 35.5. The van der Waals surface area contributed by atoms with Crippen molar-refractivity contribution in [1.29, 1.82) is 0 Å². The van der Waals surface area contributed by atoms with Gasteiger partial charge in [-0.25, -0.2) is 4.98 Å². The fourth-order valence-electron chi connectivity index (χ4n) is 4.31. The monoisotopic (exact) mass is 531 g/mol. The Labute approximate surface area is 215 Å². The van der Waals surface area contributed by atoms with Crippen LogP contribution in [0.15, 0.2) is 48.5 Å². The quantitative estimate of drug-likeness (QED) is 0.322. The first-order chi connectivity index (χ1) is 15.9. The van der Waals surface area contributed by atoms with Crippen LogP contribution in [0.2, 0.25) is 0 Å². The van der Waals surface area contributed by atoms with Crippen molar-refractivity contribution in [3.63, 3.8) is 0 Å². The van der Waals surface area contributed by atoms with Crippen molar-refractivity contribution in [3.8, 4) is 5.75 Å². The Balaban J connectivity index is 0.00000216. The molecule has 0 atom stereocenters. The number of nitrogens with zero attached hydrogens (tertiary/aromatic N) is 2. The topological polar surface area (TPSA) is 71.1 Å². The van der Waals surface area contributed by atoms with E-state index in [1.165, 1.54) is 12.1 Å². The second kappa shape index (κ2) is 13.0. The highest BCUT2D eigenvalue weighted by molar-refractivity contribution is 5.89. The maximum absolute atomic E-state index is 12.6. The fourth-order valence-corrected chi connectivity index (χ4v) is 4.31. The molecular formula is C24H30Cl2F3N5O. The highest BCUT2D eigenvalue weighted by Gasteiger charge is 2.32. The number of halogens is 5. The molecule has 1 saturated carbocycles. The lowest BCUT2D eigenvalue weighted by Crippen LogP contribution is -2.31. The van der Waals surface area contributed by atoms with Crippen LogP contribution in [0.3, 0.4) is 0 Å². The van der Waals surface area contributed by atoms with Gasteiger partial charge in [-0.1, -0.05) is 30.3 Å². The van der Waals surface area contributed by atoms with E-state index in [4.69, 9.17) is 0 Å².